The van der Waals surface area contributed by atoms with Crippen LogP contribution in [0.4, 0.5) is 0 Å². The van der Waals surface area contributed by atoms with E-state index in [-0.39, 0.29) is 12.8 Å². The van der Waals surface area contributed by atoms with Gasteiger partial charge in [0.05, 0.1) is 7.11 Å². The predicted octanol–water partition coefficient (Wildman–Crippen LogP) is 3.00. The molecule has 0 spiro atoms. The number of benzene rings is 2. The van der Waals surface area contributed by atoms with Crippen molar-refractivity contribution >= 4 is 0 Å². The van der Waals surface area contributed by atoms with Gasteiger partial charge in [-0.1, -0.05) is 30.0 Å². The molecule has 4 nitrogen and oxygen atoms in total. The minimum absolute atomic E-state index is 0.0293. The summed E-state index contributed by atoms with van der Waals surface area (Å²) in [6, 6.07) is 12.1. The summed E-state index contributed by atoms with van der Waals surface area (Å²) in [5.74, 6) is 8.90. The Labute approximate surface area is 141 Å². The van der Waals surface area contributed by atoms with E-state index in [1.807, 2.05) is 30.3 Å². The minimum atomic E-state index is -0.0293. The van der Waals surface area contributed by atoms with Crippen LogP contribution in [0.25, 0.3) is 0 Å². The van der Waals surface area contributed by atoms with E-state index in [1.165, 1.54) is 5.56 Å². The van der Waals surface area contributed by atoms with Crippen LogP contribution in [0, 0.1) is 11.8 Å². The molecule has 2 aromatic carbocycles. The summed E-state index contributed by atoms with van der Waals surface area (Å²) >= 11 is 0. The van der Waals surface area contributed by atoms with Crippen molar-refractivity contribution in [3.63, 3.8) is 0 Å². The molecule has 0 saturated carbocycles. The molecule has 0 aromatic heterocycles. The first-order chi connectivity index (χ1) is 11.8. The molecule has 0 fully saturated rings. The maximum absolute atomic E-state index is 5.69. The maximum atomic E-state index is 5.69. The highest BCUT2D eigenvalue weighted by molar-refractivity contribution is 5.63. The molecule has 2 aromatic rings. The highest BCUT2D eigenvalue weighted by Crippen LogP contribution is 2.49. The molecule has 0 bridgehead atoms. The fraction of sp³-hybridized carbons (Fsp3) is 0.300. The van der Waals surface area contributed by atoms with Crippen molar-refractivity contribution < 1.29 is 14.2 Å². The van der Waals surface area contributed by atoms with Crippen LogP contribution < -0.4 is 14.2 Å². The fourth-order valence-corrected chi connectivity index (χ4v) is 3.29. The molecule has 1 atom stereocenters. The lowest BCUT2D eigenvalue weighted by molar-refractivity contribution is 0.171. The smallest absolute Gasteiger partial charge is 0.231 e. The number of fused-ring (bicyclic) bond motifs is 2. The number of hydrogen-bond acceptors (Lipinski definition) is 4. The van der Waals surface area contributed by atoms with Gasteiger partial charge < -0.3 is 14.2 Å². The summed E-state index contributed by atoms with van der Waals surface area (Å²) in [7, 11) is 3.77. The van der Waals surface area contributed by atoms with Crippen LogP contribution in [0.3, 0.4) is 0 Å². The SMILES string of the molecule is COc1c2c(cc3c1C(C#Cc1ccccc1)N(C)CC3)OCO2. The van der Waals surface area contributed by atoms with E-state index in [0.717, 1.165) is 35.6 Å². The number of hydrogen-bond donors (Lipinski definition) is 0. The van der Waals surface area contributed by atoms with Crippen molar-refractivity contribution in [3.05, 3.63) is 53.1 Å². The number of likely N-dealkylation sites (N-methyl/N-ethyl adjacent to an activating group) is 1. The van der Waals surface area contributed by atoms with Gasteiger partial charge >= 0.3 is 0 Å². The topological polar surface area (TPSA) is 30.9 Å². The van der Waals surface area contributed by atoms with Gasteiger partial charge in [0.2, 0.25) is 12.5 Å². The molecule has 24 heavy (non-hydrogen) atoms. The van der Waals surface area contributed by atoms with Crippen LogP contribution >= 0.6 is 0 Å². The Morgan fingerprint density at radius 3 is 2.83 bits per heavy atom. The van der Waals surface area contributed by atoms with Crippen LogP contribution in [-0.2, 0) is 6.42 Å². The van der Waals surface area contributed by atoms with Gasteiger partial charge in [0.15, 0.2) is 11.5 Å². The van der Waals surface area contributed by atoms with Crippen LogP contribution in [0.15, 0.2) is 36.4 Å². The zero-order valence-electron chi connectivity index (χ0n) is 13.8. The quantitative estimate of drug-likeness (QED) is 0.756. The molecule has 0 N–H and O–H groups in total. The lowest BCUT2D eigenvalue weighted by Crippen LogP contribution is -2.31. The third-order valence-electron chi connectivity index (χ3n) is 4.52. The lowest BCUT2D eigenvalue weighted by atomic mass is 9.91. The molecule has 2 aliphatic heterocycles. The molecule has 1 unspecified atom stereocenters. The normalized spacial score (nSPS) is 18.5. The average molecular weight is 321 g/mol. The Kier molecular flexibility index (Phi) is 3.79. The standard InChI is InChI=1S/C20H19NO3/c1-21-11-10-15-12-17-19(24-13-23-17)20(22-2)18(15)16(21)9-8-14-6-4-3-5-7-14/h3-7,12,16H,10-11,13H2,1-2H3. The fourth-order valence-electron chi connectivity index (χ4n) is 3.29. The predicted molar refractivity (Wildman–Crippen MR) is 91.5 cm³/mol. The second-order valence-electron chi connectivity index (χ2n) is 5.98. The van der Waals surface area contributed by atoms with Crippen molar-refractivity contribution in [2.45, 2.75) is 12.5 Å². The first-order valence-corrected chi connectivity index (χ1v) is 8.04. The number of methoxy groups -OCH3 is 1. The zero-order chi connectivity index (χ0) is 16.5. The first-order valence-electron chi connectivity index (χ1n) is 8.04. The van der Waals surface area contributed by atoms with Crippen molar-refractivity contribution in [2.75, 3.05) is 27.5 Å². The van der Waals surface area contributed by atoms with Crippen LogP contribution in [0.5, 0.6) is 17.2 Å². The van der Waals surface area contributed by atoms with Crippen LogP contribution in [-0.4, -0.2) is 32.4 Å². The van der Waals surface area contributed by atoms with Gasteiger partial charge in [-0.15, -0.1) is 0 Å². The Morgan fingerprint density at radius 1 is 1.21 bits per heavy atom. The Balaban J connectivity index is 1.82. The zero-order valence-corrected chi connectivity index (χ0v) is 13.8. The van der Waals surface area contributed by atoms with E-state index in [4.69, 9.17) is 14.2 Å². The number of rotatable bonds is 1. The van der Waals surface area contributed by atoms with Gasteiger partial charge in [-0.05, 0) is 37.2 Å². The number of nitrogens with zero attached hydrogens (tertiary/aromatic N) is 1. The molecular formula is C20H19NO3. The largest absolute Gasteiger partial charge is 0.492 e. The second-order valence-corrected chi connectivity index (χ2v) is 5.98. The van der Waals surface area contributed by atoms with Gasteiger partial charge in [0.1, 0.15) is 6.04 Å². The molecular weight excluding hydrogens is 302 g/mol. The van der Waals surface area contributed by atoms with E-state index in [9.17, 15) is 0 Å². The first kappa shape index (κ1) is 14.9. The molecule has 4 heteroatoms. The van der Waals surface area contributed by atoms with Gasteiger partial charge in [-0.25, -0.2) is 0 Å². The molecule has 0 saturated heterocycles. The maximum Gasteiger partial charge on any atom is 0.231 e. The third kappa shape index (κ3) is 2.47. The molecule has 0 amide bonds. The molecule has 2 heterocycles. The van der Waals surface area contributed by atoms with Crippen LogP contribution in [0.2, 0.25) is 0 Å². The molecule has 2 aliphatic rings. The van der Waals surface area contributed by atoms with E-state index in [2.05, 4.69) is 29.9 Å². The summed E-state index contributed by atoms with van der Waals surface area (Å²) < 4.78 is 16.9. The monoisotopic (exact) mass is 321 g/mol. The summed E-state index contributed by atoms with van der Waals surface area (Å²) in [5.41, 5.74) is 3.33. The van der Waals surface area contributed by atoms with Gasteiger partial charge in [0.25, 0.3) is 0 Å². The average Bonchev–Trinajstić information content (AvgIpc) is 3.08. The Hall–Kier alpha value is -2.64. The van der Waals surface area contributed by atoms with Crippen LogP contribution in [0.1, 0.15) is 22.7 Å². The molecule has 0 radical (unpaired) electrons. The van der Waals surface area contributed by atoms with Crippen molar-refractivity contribution in [1.82, 2.24) is 4.90 Å². The van der Waals surface area contributed by atoms with Crippen molar-refractivity contribution in [1.29, 1.82) is 0 Å². The van der Waals surface area contributed by atoms with E-state index >= 15 is 0 Å². The summed E-state index contributed by atoms with van der Waals surface area (Å²) in [6.45, 7) is 1.19. The van der Waals surface area contributed by atoms with E-state index in [1.54, 1.807) is 7.11 Å². The van der Waals surface area contributed by atoms with E-state index in [0.29, 0.717) is 5.75 Å². The van der Waals surface area contributed by atoms with E-state index < -0.39 is 0 Å². The Morgan fingerprint density at radius 2 is 2.04 bits per heavy atom. The molecule has 4 rings (SSSR count). The number of ether oxygens (including phenoxy) is 3. The van der Waals surface area contributed by atoms with Crippen molar-refractivity contribution in [2.24, 2.45) is 0 Å². The molecule has 0 aliphatic carbocycles. The second kappa shape index (κ2) is 6.10. The molecule has 122 valence electrons. The summed E-state index contributed by atoms with van der Waals surface area (Å²) in [5, 5.41) is 0. The third-order valence-corrected chi connectivity index (χ3v) is 4.52. The summed E-state index contributed by atoms with van der Waals surface area (Å²) in [6.07, 6.45) is 0.947. The van der Waals surface area contributed by atoms with Gasteiger partial charge in [0, 0.05) is 17.7 Å². The Bertz CT molecular complexity index is 820. The van der Waals surface area contributed by atoms with Gasteiger partial charge in [-0.3, -0.25) is 4.90 Å². The summed E-state index contributed by atoms with van der Waals surface area (Å²) in [4.78, 5) is 2.25. The highest BCUT2D eigenvalue weighted by Gasteiger charge is 2.33. The highest BCUT2D eigenvalue weighted by atomic mass is 16.7. The minimum Gasteiger partial charge on any atom is -0.492 e. The van der Waals surface area contributed by atoms with Crippen molar-refractivity contribution in [3.8, 4) is 29.1 Å². The van der Waals surface area contributed by atoms with Gasteiger partial charge in [-0.2, -0.15) is 0 Å². The lowest BCUT2D eigenvalue weighted by Gasteiger charge is -2.32.